The largest absolute Gasteiger partial charge is 0.467 e. The summed E-state index contributed by atoms with van der Waals surface area (Å²) in [6.45, 7) is 9.53. The van der Waals surface area contributed by atoms with Crippen molar-refractivity contribution in [2.45, 2.75) is 25.9 Å². The van der Waals surface area contributed by atoms with Crippen molar-refractivity contribution in [1.29, 1.82) is 0 Å². The molecule has 3 rings (SSSR count). The molecule has 1 atom stereocenters. The fraction of sp³-hybridized carbons (Fsp3) is 0.688. The Bertz CT molecular complexity index is 469. The van der Waals surface area contributed by atoms with Gasteiger partial charge in [-0.1, -0.05) is 0 Å². The van der Waals surface area contributed by atoms with E-state index in [9.17, 15) is 0 Å². The highest BCUT2D eigenvalue weighted by Gasteiger charge is 2.30. The molecule has 0 bridgehead atoms. The second-order valence-corrected chi connectivity index (χ2v) is 5.79. The zero-order valence-corrected chi connectivity index (χ0v) is 13.3. The Morgan fingerprint density at radius 2 is 2.23 bits per heavy atom. The lowest BCUT2D eigenvalue weighted by Gasteiger charge is -2.32. The van der Waals surface area contributed by atoms with Gasteiger partial charge in [0.15, 0.2) is 5.96 Å². The van der Waals surface area contributed by atoms with Crippen LogP contribution in [-0.2, 0) is 11.3 Å². The van der Waals surface area contributed by atoms with E-state index in [-0.39, 0.29) is 0 Å². The Balaban J connectivity index is 1.58. The normalized spacial score (nSPS) is 24.0. The molecule has 0 aromatic carbocycles. The standard InChI is InChI=1S/C16H26N4O2/c1-2-17-16(18-12-15-4-3-9-22-15)20-6-5-14(13-20)19-7-10-21-11-8-19/h3-4,9,14H,2,5-8,10-13H2,1H3,(H,17,18). The molecule has 2 saturated heterocycles. The van der Waals surface area contributed by atoms with Gasteiger partial charge in [-0.2, -0.15) is 0 Å². The molecule has 1 aromatic heterocycles. The van der Waals surface area contributed by atoms with Gasteiger partial charge in [-0.15, -0.1) is 0 Å². The first kappa shape index (κ1) is 15.4. The highest BCUT2D eigenvalue weighted by Crippen LogP contribution is 2.17. The minimum absolute atomic E-state index is 0.591. The molecule has 0 saturated carbocycles. The van der Waals surface area contributed by atoms with E-state index in [1.807, 2.05) is 12.1 Å². The maximum Gasteiger partial charge on any atom is 0.194 e. The third kappa shape index (κ3) is 3.81. The molecule has 22 heavy (non-hydrogen) atoms. The predicted molar refractivity (Wildman–Crippen MR) is 85.9 cm³/mol. The van der Waals surface area contributed by atoms with Gasteiger partial charge in [-0.3, -0.25) is 4.90 Å². The number of morpholine rings is 1. The zero-order chi connectivity index (χ0) is 15.2. The quantitative estimate of drug-likeness (QED) is 0.668. The Morgan fingerprint density at radius 3 is 2.95 bits per heavy atom. The SMILES string of the molecule is CCNC(=NCc1ccco1)N1CCC(N2CCOCC2)C1. The summed E-state index contributed by atoms with van der Waals surface area (Å²) in [7, 11) is 0. The van der Waals surface area contributed by atoms with Gasteiger partial charge >= 0.3 is 0 Å². The van der Waals surface area contributed by atoms with Crippen LogP contribution in [0.1, 0.15) is 19.1 Å². The highest BCUT2D eigenvalue weighted by molar-refractivity contribution is 5.80. The first-order chi connectivity index (χ1) is 10.9. The fourth-order valence-electron chi connectivity index (χ4n) is 3.16. The number of likely N-dealkylation sites (tertiary alicyclic amines) is 1. The molecule has 0 aliphatic carbocycles. The van der Waals surface area contributed by atoms with Gasteiger partial charge in [0.05, 0.1) is 19.5 Å². The van der Waals surface area contributed by atoms with Gasteiger partial charge in [0.2, 0.25) is 0 Å². The third-order valence-corrected chi connectivity index (χ3v) is 4.32. The minimum Gasteiger partial charge on any atom is -0.467 e. The average molecular weight is 306 g/mol. The van der Waals surface area contributed by atoms with Crippen molar-refractivity contribution in [2.75, 3.05) is 45.9 Å². The second-order valence-electron chi connectivity index (χ2n) is 5.79. The summed E-state index contributed by atoms with van der Waals surface area (Å²) >= 11 is 0. The Hall–Kier alpha value is -1.53. The Morgan fingerprint density at radius 1 is 1.36 bits per heavy atom. The minimum atomic E-state index is 0.591. The maximum absolute atomic E-state index is 5.45. The number of rotatable bonds is 4. The molecular weight excluding hydrogens is 280 g/mol. The predicted octanol–water partition coefficient (Wildman–Crippen LogP) is 1.15. The van der Waals surface area contributed by atoms with Gasteiger partial charge in [0.25, 0.3) is 0 Å². The molecule has 0 spiro atoms. The molecule has 0 amide bonds. The monoisotopic (exact) mass is 306 g/mol. The van der Waals surface area contributed by atoms with E-state index < -0.39 is 0 Å². The molecular formula is C16H26N4O2. The number of hydrogen-bond acceptors (Lipinski definition) is 4. The number of nitrogens with zero attached hydrogens (tertiary/aromatic N) is 3. The van der Waals surface area contributed by atoms with Crippen LogP contribution in [-0.4, -0.2) is 67.7 Å². The summed E-state index contributed by atoms with van der Waals surface area (Å²) in [5, 5.41) is 3.40. The molecule has 2 aliphatic rings. The van der Waals surface area contributed by atoms with Crippen molar-refractivity contribution in [3.63, 3.8) is 0 Å². The van der Waals surface area contributed by atoms with Crippen LogP contribution in [0.3, 0.4) is 0 Å². The maximum atomic E-state index is 5.45. The Kier molecular flexibility index (Phi) is 5.34. The van der Waals surface area contributed by atoms with Crippen LogP contribution in [0.4, 0.5) is 0 Å². The van der Waals surface area contributed by atoms with Crippen LogP contribution >= 0.6 is 0 Å². The summed E-state index contributed by atoms with van der Waals surface area (Å²) < 4.78 is 10.8. The number of furan rings is 1. The Labute approximate surface area is 132 Å². The average Bonchev–Trinajstić information content (AvgIpc) is 3.24. The van der Waals surface area contributed by atoms with Gasteiger partial charge in [-0.05, 0) is 25.5 Å². The van der Waals surface area contributed by atoms with Crippen LogP contribution in [0.2, 0.25) is 0 Å². The van der Waals surface area contributed by atoms with Crippen molar-refractivity contribution in [2.24, 2.45) is 4.99 Å². The lowest BCUT2D eigenvalue weighted by Crippen LogP contribution is -2.46. The van der Waals surface area contributed by atoms with E-state index in [1.165, 1.54) is 6.42 Å². The first-order valence-electron chi connectivity index (χ1n) is 8.24. The molecule has 2 aliphatic heterocycles. The van der Waals surface area contributed by atoms with Gasteiger partial charge in [0, 0.05) is 38.8 Å². The summed E-state index contributed by atoms with van der Waals surface area (Å²) in [4.78, 5) is 9.63. The number of ether oxygens (including phenoxy) is 1. The van der Waals surface area contributed by atoms with E-state index in [0.29, 0.717) is 12.6 Å². The van der Waals surface area contributed by atoms with E-state index in [2.05, 4.69) is 22.0 Å². The molecule has 1 aromatic rings. The van der Waals surface area contributed by atoms with Crippen LogP contribution in [0.25, 0.3) is 0 Å². The van der Waals surface area contributed by atoms with Crippen LogP contribution in [0.15, 0.2) is 27.8 Å². The molecule has 0 radical (unpaired) electrons. The molecule has 2 fully saturated rings. The third-order valence-electron chi connectivity index (χ3n) is 4.32. The molecule has 122 valence electrons. The molecule has 6 nitrogen and oxygen atoms in total. The first-order valence-corrected chi connectivity index (χ1v) is 8.24. The van der Waals surface area contributed by atoms with Crippen molar-refractivity contribution in [3.05, 3.63) is 24.2 Å². The van der Waals surface area contributed by atoms with Crippen LogP contribution in [0.5, 0.6) is 0 Å². The summed E-state index contributed by atoms with van der Waals surface area (Å²) in [6.07, 6.45) is 2.90. The van der Waals surface area contributed by atoms with E-state index in [1.54, 1.807) is 6.26 Å². The van der Waals surface area contributed by atoms with Crippen LogP contribution < -0.4 is 5.32 Å². The fourth-order valence-corrected chi connectivity index (χ4v) is 3.16. The zero-order valence-electron chi connectivity index (χ0n) is 13.3. The summed E-state index contributed by atoms with van der Waals surface area (Å²) in [5.41, 5.74) is 0. The number of nitrogens with one attached hydrogen (secondary N) is 1. The number of aliphatic imine (C=N–C) groups is 1. The molecule has 1 N–H and O–H groups in total. The van der Waals surface area contributed by atoms with Crippen molar-refractivity contribution in [3.8, 4) is 0 Å². The van der Waals surface area contributed by atoms with E-state index >= 15 is 0 Å². The molecule has 1 unspecified atom stereocenters. The smallest absolute Gasteiger partial charge is 0.194 e. The van der Waals surface area contributed by atoms with Gasteiger partial charge in [-0.25, -0.2) is 4.99 Å². The van der Waals surface area contributed by atoms with Crippen molar-refractivity contribution >= 4 is 5.96 Å². The molecule has 6 heteroatoms. The van der Waals surface area contributed by atoms with Crippen LogP contribution in [0, 0.1) is 0 Å². The number of hydrogen-bond donors (Lipinski definition) is 1. The van der Waals surface area contributed by atoms with Gasteiger partial charge < -0.3 is 19.4 Å². The summed E-state index contributed by atoms with van der Waals surface area (Å²) in [6, 6.07) is 4.49. The van der Waals surface area contributed by atoms with E-state index in [4.69, 9.17) is 14.1 Å². The van der Waals surface area contributed by atoms with Gasteiger partial charge in [0.1, 0.15) is 12.3 Å². The lowest BCUT2D eigenvalue weighted by molar-refractivity contribution is 0.0195. The van der Waals surface area contributed by atoms with Crippen molar-refractivity contribution in [1.82, 2.24) is 15.1 Å². The summed E-state index contributed by atoms with van der Waals surface area (Å²) in [5.74, 6) is 1.90. The highest BCUT2D eigenvalue weighted by atomic mass is 16.5. The second kappa shape index (κ2) is 7.65. The number of guanidine groups is 1. The lowest BCUT2D eigenvalue weighted by atomic mass is 10.2. The molecule has 3 heterocycles. The van der Waals surface area contributed by atoms with Crippen molar-refractivity contribution < 1.29 is 9.15 Å². The topological polar surface area (TPSA) is 53.2 Å². The van der Waals surface area contributed by atoms with E-state index in [0.717, 1.165) is 57.7 Å².